The van der Waals surface area contributed by atoms with Crippen LogP contribution in [0.4, 0.5) is 4.39 Å². The summed E-state index contributed by atoms with van der Waals surface area (Å²) in [4.78, 5) is 11.9. The van der Waals surface area contributed by atoms with E-state index in [-0.39, 0.29) is 17.5 Å². The Bertz CT molecular complexity index is 465. The lowest BCUT2D eigenvalue weighted by atomic mass is 10.1. The number of hydrogen-bond acceptors (Lipinski definition) is 3. The predicted octanol–water partition coefficient (Wildman–Crippen LogP) is 1.69. The number of carbonyl (C=O) groups is 1. The van der Waals surface area contributed by atoms with Crippen molar-refractivity contribution >= 4 is 5.91 Å². The van der Waals surface area contributed by atoms with Crippen molar-refractivity contribution in [1.82, 2.24) is 5.32 Å². The largest absolute Gasteiger partial charge is 0.497 e. The summed E-state index contributed by atoms with van der Waals surface area (Å²) in [6, 6.07) is 4.45. The molecular weight excluding hydrogens is 247 g/mol. The summed E-state index contributed by atoms with van der Waals surface area (Å²) in [6.07, 6.45) is 2.94. The van der Waals surface area contributed by atoms with Gasteiger partial charge in [0.15, 0.2) is 0 Å². The van der Waals surface area contributed by atoms with Crippen molar-refractivity contribution < 1.29 is 13.9 Å². The fourth-order valence-corrected chi connectivity index (χ4v) is 2.44. The second kappa shape index (κ2) is 6.02. The van der Waals surface area contributed by atoms with E-state index in [1.165, 1.54) is 19.2 Å². The first-order chi connectivity index (χ1) is 9.10. The number of hydrogen-bond donors (Lipinski definition) is 2. The first-order valence-electron chi connectivity index (χ1n) is 6.47. The van der Waals surface area contributed by atoms with Crippen LogP contribution >= 0.6 is 0 Å². The molecule has 1 saturated carbocycles. The topological polar surface area (TPSA) is 64.3 Å². The van der Waals surface area contributed by atoms with Crippen LogP contribution in [0.15, 0.2) is 18.2 Å². The zero-order valence-electron chi connectivity index (χ0n) is 11.0. The van der Waals surface area contributed by atoms with Gasteiger partial charge in [-0.15, -0.1) is 0 Å². The minimum absolute atomic E-state index is 0.0445. The average Bonchev–Trinajstić information content (AvgIpc) is 2.81. The Labute approximate surface area is 112 Å². The minimum atomic E-state index is -0.569. The minimum Gasteiger partial charge on any atom is -0.497 e. The number of rotatable bonds is 4. The summed E-state index contributed by atoms with van der Waals surface area (Å²) in [7, 11) is 1.46. The number of benzene rings is 1. The molecule has 3 N–H and O–H groups in total. The Balaban J connectivity index is 1.92. The van der Waals surface area contributed by atoms with Gasteiger partial charge in [0, 0.05) is 18.7 Å². The van der Waals surface area contributed by atoms with Gasteiger partial charge < -0.3 is 15.8 Å². The highest BCUT2D eigenvalue weighted by atomic mass is 19.1. The third-order valence-corrected chi connectivity index (χ3v) is 3.55. The third-order valence-electron chi connectivity index (χ3n) is 3.55. The summed E-state index contributed by atoms with van der Waals surface area (Å²) in [5.41, 5.74) is 5.86. The molecule has 2 atom stereocenters. The fraction of sp³-hybridized carbons (Fsp3) is 0.500. The first-order valence-corrected chi connectivity index (χ1v) is 6.47. The highest BCUT2D eigenvalue weighted by Gasteiger charge is 2.22. The molecule has 1 amide bonds. The summed E-state index contributed by atoms with van der Waals surface area (Å²) in [5, 5.41) is 2.76. The van der Waals surface area contributed by atoms with Gasteiger partial charge in [0.1, 0.15) is 11.6 Å². The molecule has 0 spiro atoms. The Morgan fingerprint density at radius 2 is 2.32 bits per heavy atom. The molecule has 1 aliphatic rings. The first kappa shape index (κ1) is 13.8. The second-order valence-corrected chi connectivity index (χ2v) is 4.99. The summed E-state index contributed by atoms with van der Waals surface area (Å²) >= 11 is 0. The van der Waals surface area contributed by atoms with E-state index in [9.17, 15) is 9.18 Å². The van der Waals surface area contributed by atoms with Crippen LogP contribution in [0.2, 0.25) is 0 Å². The van der Waals surface area contributed by atoms with E-state index in [0.29, 0.717) is 18.2 Å². The van der Waals surface area contributed by atoms with E-state index in [4.69, 9.17) is 10.5 Å². The number of amides is 1. The molecular formula is C14H19FN2O2. The summed E-state index contributed by atoms with van der Waals surface area (Å²) in [5.74, 6) is -0.156. The highest BCUT2D eigenvalue weighted by Crippen LogP contribution is 2.23. The molecule has 1 fully saturated rings. The van der Waals surface area contributed by atoms with Gasteiger partial charge in [0.25, 0.3) is 5.91 Å². The standard InChI is InChI=1S/C14H19FN2O2/c1-19-11-4-5-12(13(15)7-11)14(18)17-8-9-2-3-10(16)6-9/h4-5,7,9-10H,2-3,6,8,16H2,1H3,(H,17,18). The number of nitrogens with one attached hydrogen (secondary N) is 1. The van der Waals surface area contributed by atoms with Crippen molar-refractivity contribution in [2.75, 3.05) is 13.7 Å². The van der Waals surface area contributed by atoms with Gasteiger partial charge >= 0.3 is 0 Å². The van der Waals surface area contributed by atoms with Crippen LogP contribution in [-0.4, -0.2) is 25.6 Å². The van der Waals surface area contributed by atoms with Gasteiger partial charge in [0.05, 0.1) is 12.7 Å². The van der Waals surface area contributed by atoms with Crippen molar-refractivity contribution in [2.45, 2.75) is 25.3 Å². The van der Waals surface area contributed by atoms with Gasteiger partial charge in [-0.2, -0.15) is 0 Å². The maximum absolute atomic E-state index is 13.7. The van der Waals surface area contributed by atoms with E-state index in [1.54, 1.807) is 6.07 Å². The Kier molecular flexibility index (Phi) is 4.37. The van der Waals surface area contributed by atoms with Gasteiger partial charge in [-0.25, -0.2) is 4.39 Å². The molecule has 0 aliphatic heterocycles. The van der Waals surface area contributed by atoms with Crippen molar-refractivity contribution in [3.8, 4) is 5.75 Å². The van der Waals surface area contributed by atoms with Crippen molar-refractivity contribution in [2.24, 2.45) is 11.7 Å². The van der Waals surface area contributed by atoms with E-state index >= 15 is 0 Å². The zero-order valence-corrected chi connectivity index (χ0v) is 11.0. The molecule has 1 aromatic carbocycles. The molecule has 5 heteroatoms. The van der Waals surface area contributed by atoms with Crippen LogP contribution in [0.5, 0.6) is 5.75 Å². The SMILES string of the molecule is COc1ccc(C(=O)NCC2CCC(N)C2)c(F)c1. The molecule has 1 aromatic rings. The number of halogens is 1. The number of methoxy groups -OCH3 is 1. The van der Waals surface area contributed by atoms with E-state index < -0.39 is 5.82 Å². The maximum Gasteiger partial charge on any atom is 0.254 e. The lowest BCUT2D eigenvalue weighted by Gasteiger charge is -2.11. The Hall–Kier alpha value is -1.62. The van der Waals surface area contributed by atoms with Crippen LogP contribution in [0, 0.1) is 11.7 Å². The van der Waals surface area contributed by atoms with Gasteiger partial charge in [0.2, 0.25) is 0 Å². The van der Waals surface area contributed by atoms with Crippen LogP contribution in [0.25, 0.3) is 0 Å². The van der Waals surface area contributed by atoms with Gasteiger partial charge in [-0.05, 0) is 37.3 Å². The van der Waals surface area contributed by atoms with Gasteiger partial charge in [-0.3, -0.25) is 4.79 Å². The summed E-state index contributed by atoms with van der Waals surface area (Å²) < 4.78 is 18.6. The second-order valence-electron chi connectivity index (χ2n) is 4.99. The lowest BCUT2D eigenvalue weighted by molar-refractivity contribution is 0.0943. The van der Waals surface area contributed by atoms with Crippen molar-refractivity contribution in [3.63, 3.8) is 0 Å². The number of carbonyl (C=O) groups excluding carboxylic acids is 1. The van der Waals surface area contributed by atoms with E-state index in [0.717, 1.165) is 19.3 Å². The molecule has 1 aliphatic carbocycles. The Morgan fingerprint density at radius 3 is 2.89 bits per heavy atom. The molecule has 0 bridgehead atoms. The molecule has 104 valence electrons. The normalized spacial score (nSPS) is 22.3. The summed E-state index contributed by atoms with van der Waals surface area (Å²) in [6.45, 7) is 0.554. The molecule has 2 unspecified atom stereocenters. The molecule has 0 saturated heterocycles. The monoisotopic (exact) mass is 266 g/mol. The molecule has 19 heavy (non-hydrogen) atoms. The quantitative estimate of drug-likeness (QED) is 0.871. The number of nitrogens with two attached hydrogens (primary N) is 1. The van der Waals surface area contributed by atoms with Crippen LogP contribution in [0.3, 0.4) is 0 Å². The van der Waals surface area contributed by atoms with E-state index in [2.05, 4.69) is 5.32 Å². The fourth-order valence-electron chi connectivity index (χ4n) is 2.44. The van der Waals surface area contributed by atoms with Crippen molar-refractivity contribution in [1.29, 1.82) is 0 Å². The van der Waals surface area contributed by atoms with Gasteiger partial charge in [-0.1, -0.05) is 0 Å². The highest BCUT2D eigenvalue weighted by molar-refractivity contribution is 5.94. The Morgan fingerprint density at radius 1 is 1.53 bits per heavy atom. The van der Waals surface area contributed by atoms with Crippen LogP contribution in [-0.2, 0) is 0 Å². The molecule has 0 heterocycles. The average molecular weight is 266 g/mol. The van der Waals surface area contributed by atoms with Crippen LogP contribution < -0.4 is 15.8 Å². The molecule has 0 radical (unpaired) electrons. The van der Waals surface area contributed by atoms with Crippen molar-refractivity contribution in [3.05, 3.63) is 29.6 Å². The zero-order chi connectivity index (χ0) is 13.8. The smallest absolute Gasteiger partial charge is 0.254 e. The van der Waals surface area contributed by atoms with Crippen LogP contribution in [0.1, 0.15) is 29.6 Å². The molecule has 2 rings (SSSR count). The van der Waals surface area contributed by atoms with E-state index in [1.807, 2.05) is 0 Å². The molecule has 4 nitrogen and oxygen atoms in total. The third kappa shape index (κ3) is 3.44. The predicted molar refractivity (Wildman–Crippen MR) is 70.6 cm³/mol. The lowest BCUT2D eigenvalue weighted by Crippen LogP contribution is -2.29. The number of ether oxygens (including phenoxy) is 1. The molecule has 0 aromatic heterocycles. The maximum atomic E-state index is 13.7.